The lowest BCUT2D eigenvalue weighted by Gasteiger charge is -2.13. The molecule has 4 heteroatoms. The molecule has 1 atom stereocenters. The van der Waals surface area contributed by atoms with E-state index in [0.29, 0.717) is 5.92 Å². The van der Waals surface area contributed by atoms with E-state index in [1.807, 2.05) is 6.07 Å². The molecule has 1 saturated heterocycles. The number of likely N-dealkylation sites (tertiary alicyclic amines) is 1. The van der Waals surface area contributed by atoms with Gasteiger partial charge in [-0.3, -0.25) is 4.90 Å². The van der Waals surface area contributed by atoms with Crippen LogP contribution in [0.2, 0.25) is 0 Å². The predicted molar refractivity (Wildman–Crippen MR) is 56.1 cm³/mol. The van der Waals surface area contributed by atoms with Gasteiger partial charge in [-0.2, -0.15) is 0 Å². The van der Waals surface area contributed by atoms with Crippen LogP contribution in [0.1, 0.15) is 12.2 Å². The smallest absolute Gasteiger partial charge is 0.142 e. The van der Waals surface area contributed by atoms with E-state index in [1.165, 1.54) is 6.42 Å². The van der Waals surface area contributed by atoms with Crippen LogP contribution in [-0.2, 0) is 6.54 Å². The van der Waals surface area contributed by atoms with E-state index < -0.39 is 0 Å². The van der Waals surface area contributed by atoms with Crippen LogP contribution in [0, 0.1) is 5.92 Å². The van der Waals surface area contributed by atoms with Gasteiger partial charge >= 0.3 is 0 Å². The Kier molecular flexibility index (Phi) is 3.32. The number of hydrogen-bond donors (Lipinski definition) is 0. The van der Waals surface area contributed by atoms with Crippen LogP contribution in [0.15, 0.2) is 18.5 Å². The molecule has 0 amide bonds. The van der Waals surface area contributed by atoms with Gasteiger partial charge in [-0.1, -0.05) is 0 Å². The van der Waals surface area contributed by atoms with E-state index in [1.54, 1.807) is 12.4 Å². The molecule has 0 radical (unpaired) electrons. The molecule has 0 spiro atoms. The largest absolute Gasteiger partial charge is 0.296 e. The highest BCUT2D eigenvalue weighted by atomic mass is 35.5. The van der Waals surface area contributed by atoms with Gasteiger partial charge in [0, 0.05) is 24.8 Å². The SMILES string of the molecule is ClCC1CCN(Cc2ncccn2)C1. The molecule has 76 valence electrons. The Bertz CT molecular complexity index is 278. The van der Waals surface area contributed by atoms with Gasteiger partial charge in [0.25, 0.3) is 0 Å². The van der Waals surface area contributed by atoms with Gasteiger partial charge in [0.2, 0.25) is 0 Å². The van der Waals surface area contributed by atoms with E-state index in [4.69, 9.17) is 11.6 Å². The molecule has 2 rings (SSSR count). The van der Waals surface area contributed by atoms with Gasteiger partial charge in [-0.25, -0.2) is 9.97 Å². The molecule has 14 heavy (non-hydrogen) atoms. The summed E-state index contributed by atoms with van der Waals surface area (Å²) in [6, 6.07) is 1.84. The maximum atomic E-state index is 5.82. The molecule has 0 saturated carbocycles. The van der Waals surface area contributed by atoms with Crippen molar-refractivity contribution in [3.8, 4) is 0 Å². The van der Waals surface area contributed by atoms with Crippen molar-refractivity contribution in [2.24, 2.45) is 5.92 Å². The second-order valence-corrected chi connectivity index (χ2v) is 4.02. The van der Waals surface area contributed by atoms with Crippen molar-refractivity contribution in [3.63, 3.8) is 0 Å². The molecule has 0 bridgehead atoms. The van der Waals surface area contributed by atoms with Crippen LogP contribution in [0.5, 0.6) is 0 Å². The first kappa shape index (κ1) is 9.87. The maximum Gasteiger partial charge on any atom is 0.142 e. The Morgan fingerprint density at radius 3 is 2.86 bits per heavy atom. The summed E-state index contributed by atoms with van der Waals surface area (Å²) in [5.41, 5.74) is 0. The molecule has 0 aromatic carbocycles. The van der Waals surface area contributed by atoms with Crippen molar-refractivity contribution in [1.82, 2.24) is 14.9 Å². The zero-order chi connectivity index (χ0) is 9.80. The molecule has 1 fully saturated rings. The van der Waals surface area contributed by atoms with Crippen LogP contribution < -0.4 is 0 Å². The third-order valence-electron chi connectivity index (χ3n) is 2.57. The summed E-state index contributed by atoms with van der Waals surface area (Å²) in [6.45, 7) is 3.06. The third-order valence-corrected chi connectivity index (χ3v) is 3.01. The van der Waals surface area contributed by atoms with Crippen molar-refractivity contribution in [1.29, 1.82) is 0 Å². The van der Waals surface area contributed by atoms with Crippen LogP contribution in [0.3, 0.4) is 0 Å². The van der Waals surface area contributed by atoms with Gasteiger partial charge in [0.15, 0.2) is 0 Å². The number of halogens is 1. The summed E-state index contributed by atoms with van der Waals surface area (Å²) >= 11 is 5.82. The first-order valence-electron chi connectivity index (χ1n) is 4.92. The molecule has 2 heterocycles. The summed E-state index contributed by atoms with van der Waals surface area (Å²) in [5.74, 6) is 2.33. The lowest BCUT2D eigenvalue weighted by Crippen LogP contribution is -2.21. The molecule has 1 aromatic heterocycles. The summed E-state index contributed by atoms with van der Waals surface area (Å²) in [4.78, 5) is 10.8. The van der Waals surface area contributed by atoms with E-state index in [-0.39, 0.29) is 0 Å². The Hall–Kier alpha value is -0.670. The number of alkyl halides is 1. The van der Waals surface area contributed by atoms with E-state index >= 15 is 0 Å². The Balaban J connectivity index is 1.88. The fraction of sp³-hybridized carbons (Fsp3) is 0.600. The molecular weight excluding hydrogens is 198 g/mol. The molecular formula is C10H14ClN3. The second kappa shape index (κ2) is 4.71. The molecule has 1 aliphatic heterocycles. The highest BCUT2D eigenvalue weighted by Gasteiger charge is 2.21. The first-order chi connectivity index (χ1) is 6.88. The van der Waals surface area contributed by atoms with Crippen molar-refractivity contribution in [2.75, 3.05) is 19.0 Å². The number of rotatable bonds is 3. The summed E-state index contributed by atoms with van der Waals surface area (Å²) in [7, 11) is 0. The minimum atomic E-state index is 0.653. The van der Waals surface area contributed by atoms with Gasteiger partial charge < -0.3 is 0 Å². The monoisotopic (exact) mass is 211 g/mol. The van der Waals surface area contributed by atoms with Crippen molar-refractivity contribution < 1.29 is 0 Å². The van der Waals surface area contributed by atoms with Crippen LogP contribution in [0.25, 0.3) is 0 Å². The second-order valence-electron chi connectivity index (χ2n) is 3.71. The predicted octanol–water partition coefficient (Wildman–Crippen LogP) is 1.54. The zero-order valence-corrected chi connectivity index (χ0v) is 8.82. The highest BCUT2D eigenvalue weighted by molar-refractivity contribution is 6.18. The molecule has 0 aliphatic carbocycles. The molecule has 0 N–H and O–H groups in total. The van der Waals surface area contributed by atoms with Gasteiger partial charge in [0.05, 0.1) is 6.54 Å². The topological polar surface area (TPSA) is 29.0 Å². The Morgan fingerprint density at radius 1 is 1.43 bits per heavy atom. The minimum Gasteiger partial charge on any atom is -0.296 e. The van der Waals surface area contributed by atoms with Crippen molar-refractivity contribution >= 4 is 11.6 Å². The van der Waals surface area contributed by atoms with Crippen LogP contribution in [-0.4, -0.2) is 33.8 Å². The average molecular weight is 212 g/mol. The highest BCUT2D eigenvalue weighted by Crippen LogP contribution is 2.18. The van der Waals surface area contributed by atoms with E-state index in [0.717, 1.165) is 31.3 Å². The van der Waals surface area contributed by atoms with Crippen molar-refractivity contribution in [2.45, 2.75) is 13.0 Å². The zero-order valence-electron chi connectivity index (χ0n) is 8.06. The molecule has 1 unspecified atom stereocenters. The fourth-order valence-corrected chi connectivity index (χ4v) is 2.05. The molecule has 3 nitrogen and oxygen atoms in total. The van der Waals surface area contributed by atoms with Gasteiger partial charge in [0.1, 0.15) is 5.82 Å². The van der Waals surface area contributed by atoms with E-state index in [2.05, 4.69) is 14.9 Å². The summed E-state index contributed by atoms with van der Waals surface area (Å²) < 4.78 is 0. The fourth-order valence-electron chi connectivity index (χ4n) is 1.79. The van der Waals surface area contributed by atoms with E-state index in [9.17, 15) is 0 Å². The lowest BCUT2D eigenvalue weighted by molar-refractivity contribution is 0.312. The van der Waals surface area contributed by atoms with Crippen molar-refractivity contribution in [3.05, 3.63) is 24.3 Å². The molecule has 1 aliphatic rings. The first-order valence-corrected chi connectivity index (χ1v) is 5.46. The summed E-state index contributed by atoms with van der Waals surface area (Å²) in [6.07, 6.45) is 4.78. The average Bonchev–Trinajstić information content (AvgIpc) is 2.67. The number of hydrogen-bond acceptors (Lipinski definition) is 3. The normalized spacial score (nSPS) is 22.8. The number of nitrogens with zero attached hydrogens (tertiary/aromatic N) is 3. The minimum absolute atomic E-state index is 0.653. The molecule has 1 aromatic rings. The lowest BCUT2D eigenvalue weighted by atomic mass is 10.2. The summed E-state index contributed by atoms with van der Waals surface area (Å²) in [5, 5.41) is 0. The standard InChI is InChI=1S/C10H14ClN3/c11-6-9-2-5-14(7-9)8-10-12-3-1-4-13-10/h1,3-4,9H,2,5-8H2. The maximum absolute atomic E-state index is 5.82. The number of aromatic nitrogens is 2. The third kappa shape index (κ3) is 2.42. The quantitative estimate of drug-likeness (QED) is 0.711. The Morgan fingerprint density at radius 2 is 2.21 bits per heavy atom. The van der Waals surface area contributed by atoms with Gasteiger partial charge in [-0.15, -0.1) is 11.6 Å². The Labute approximate surface area is 89.1 Å². The van der Waals surface area contributed by atoms with Gasteiger partial charge in [-0.05, 0) is 24.9 Å². The van der Waals surface area contributed by atoms with Crippen LogP contribution >= 0.6 is 11.6 Å². The van der Waals surface area contributed by atoms with Crippen LogP contribution in [0.4, 0.5) is 0 Å².